The highest BCUT2D eigenvalue weighted by Gasteiger charge is 2.54. The molecule has 0 aliphatic heterocycles. The van der Waals surface area contributed by atoms with Crippen LogP contribution in [0.25, 0.3) is 0 Å². The summed E-state index contributed by atoms with van der Waals surface area (Å²) in [5, 5.41) is 0. The molecular formula is C21H34. The van der Waals surface area contributed by atoms with Gasteiger partial charge in [-0.05, 0) is 66.6 Å². The van der Waals surface area contributed by atoms with Gasteiger partial charge in [0.2, 0.25) is 0 Å². The lowest BCUT2D eigenvalue weighted by molar-refractivity contribution is -0.0285. The molecule has 0 nitrogen and oxygen atoms in total. The maximum absolute atomic E-state index is 4.10. The third kappa shape index (κ3) is 2.25. The van der Waals surface area contributed by atoms with Crippen molar-refractivity contribution in [3.63, 3.8) is 0 Å². The molecule has 0 aromatic carbocycles. The summed E-state index contributed by atoms with van der Waals surface area (Å²) in [5.74, 6) is 1.75. The molecule has 0 saturated heterocycles. The molecule has 2 fully saturated rings. The molecule has 0 heterocycles. The van der Waals surface area contributed by atoms with Crippen LogP contribution >= 0.6 is 0 Å². The van der Waals surface area contributed by atoms with Crippen LogP contribution in [-0.2, 0) is 0 Å². The SMILES string of the molecule is C=C[C@@]1(C)CC=C2C(CCC3C(C)(CC)CCC[C@@]23C)C1. The predicted octanol–water partition coefficient (Wildman–Crippen LogP) is 6.53. The highest BCUT2D eigenvalue weighted by Crippen LogP contribution is 2.64. The van der Waals surface area contributed by atoms with Gasteiger partial charge in [-0.1, -0.05) is 58.3 Å². The molecule has 3 rings (SSSR count). The normalized spacial score (nSPS) is 49.8. The molecule has 0 aromatic heterocycles. The van der Waals surface area contributed by atoms with Crippen LogP contribution in [-0.4, -0.2) is 0 Å². The smallest absolute Gasteiger partial charge is 0.00802 e. The summed E-state index contributed by atoms with van der Waals surface area (Å²) in [6, 6.07) is 0. The van der Waals surface area contributed by atoms with E-state index in [-0.39, 0.29) is 0 Å². The van der Waals surface area contributed by atoms with E-state index >= 15 is 0 Å². The van der Waals surface area contributed by atoms with Gasteiger partial charge in [0.15, 0.2) is 0 Å². The maximum atomic E-state index is 4.10. The molecule has 0 heteroatoms. The zero-order chi connectivity index (χ0) is 15.3. The van der Waals surface area contributed by atoms with E-state index in [0.29, 0.717) is 16.2 Å². The van der Waals surface area contributed by atoms with Gasteiger partial charge in [0.05, 0.1) is 0 Å². The Morgan fingerprint density at radius 1 is 1.24 bits per heavy atom. The van der Waals surface area contributed by atoms with Gasteiger partial charge in [-0.15, -0.1) is 6.58 Å². The Kier molecular flexibility index (Phi) is 3.66. The van der Waals surface area contributed by atoms with E-state index in [2.05, 4.69) is 46.4 Å². The first-order valence-corrected chi connectivity index (χ1v) is 9.21. The second kappa shape index (κ2) is 5.00. The quantitative estimate of drug-likeness (QED) is 0.506. The van der Waals surface area contributed by atoms with Gasteiger partial charge in [-0.3, -0.25) is 0 Å². The molecule has 3 unspecified atom stereocenters. The van der Waals surface area contributed by atoms with E-state index in [1.54, 1.807) is 0 Å². The molecular weight excluding hydrogens is 252 g/mol. The van der Waals surface area contributed by atoms with Crippen molar-refractivity contribution < 1.29 is 0 Å². The molecule has 21 heavy (non-hydrogen) atoms. The monoisotopic (exact) mass is 286 g/mol. The van der Waals surface area contributed by atoms with Crippen LogP contribution in [0.4, 0.5) is 0 Å². The van der Waals surface area contributed by atoms with E-state index in [0.717, 1.165) is 11.8 Å². The summed E-state index contributed by atoms with van der Waals surface area (Å²) in [5.41, 5.74) is 3.27. The number of fused-ring (bicyclic) bond motifs is 3. The van der Waals surface area contributed by atoms with Crippen molar-refractivity contribution in [2.75, 3.05) is 0 Å². The van der Waals surface area contributed by atoms with Gasteiger partial charge in [0, 0.05) is 0 Å². The summed E-state index contributed by atoms with van der Waals surface area (Å²) in [6.45, 7) is 14.1. The summed E-state index contributed by atoms with van der Waals surface area (Å²) < 4.78 is 0. The van der Waals surface area contributed by atoms with Gasteiger partial charge in [-0.2, -0.15) is 0 Å². The Morgan fingerprint density at radius 3 is 2.67 bits per heavy atom. The molecule has 3 aliphatic carbocycles. The predicted molar refractivity (Wildman–Crippen MR) is 92.2 cm³/mol. The van der Waals surface area contributed by atoms with Crippen LogP contribution < -0.4 is 0 Å². The Morgan fingerprint density at radius 2 is 2.00 bits per heavy atom. The van der Waals surface area contributed by atoms with E-state index < -0.39 is 0 Å². The second-order valence-electron chi connectivity index (χ2n) is 9.03. The molecule has 0 aromatic rings. The number of rotatable bonds is 2. The highest BCUT2D eigenvalue weighted by molar-refractivity contribution is 5.28. The largest absolute Gasteiger partial charge is 0.103 e. The molecule has 0 bridgehead atoms. The Hall–Kier alpha value is -0.520. The molecule has 118 valence electrons. The first kappa shape index (κ1) is 15.4. The van der Waals surface area contributed by atoms with E-state index in [9.17, 15) is 0 Å². The first-order chi connectivity index (χ1) is 9.87. The van der Waals surface area contributed by atoms with Crippen molar-refractivity contribution in [2.24, 2.45) is 28.1 Å². The standard InChI is InChI=1S/C21H34/c1-6-19(3)14-11-17-16(15-19)9-10-18-20(4,7-2)12-8-13-21(17,18)5/h6,11,16,18H,1,7-10,12-15H2,2-5H3/t16?,18?,19-,20?,21-/m0/s1. The molecule has 3 aliphatic rings. The molecule has 0 amide bonds. The summed E-state index contributed by atoms with van der Waals surface area (Å²) >= 11 is 0. The van der Waals surface area contributed by atoms with Crippen molar-refractivity contribution in [3.8, 4) is 0 Å². The average Bonchev–Trinajstić information content (AvgIpc) is 2.46. The van der Waals surface area contributed by atoms with Crippen molar-refractivity contribution >= 4 is 0 Å². The van der Waals surface area contributed by atoms with E-state index in [1.165, 1.54) is 51.4 Å². The Bertz CT molecular complexity index is 459. The van der Waals surface area contributed by atoms with Crippen LogP contribution in [0.1, 0.15) is 79.1 Å². The summed E-state index contributed by atoms with van der Waals surface area (Å²) in [7, 11) is 0. The van der Waals surface area contributed by atoms with Crippen molar-refractivity contribution in [1.29, 1.82) is 0 Å². The molecule has 2 saturated carbocycles. The van der Waals surface area contributed by atoms with Crippen LogP contribution in [0.15, 0.2) is 24.3 Å². The fourth-order valence-corrected chi connectivity index (χ4v) is 6.17. The van der Waals surface area contributed by atoms with Crippen LogP contribution in [0, 0.1) is 28.1 Å². The fourth-order valence-electron chi connectivity index (χ4n) is 6.17. The zero-order valence-corrected chi connectivity index (χ0v) is 14.7. The minimum Gasteiger partial charge on any atom is -0.103 e. The topological polar surface area (TPSA) is 0 Å². The third-order valence-electron chi connectivity index (χ3n) is 7.76. The van der Waals surface area contributed by atoms with Crippen molar-refractivity contribution in [2.45, 2.75) is 79.1 Å². The Labute approximate surface area is 132 Å². The highest BCUT2D eigenvalue weighted by atomic mass is 14.6. The molecule has 0 spiro atoms. The maximum Gasteiger partial charge on any atom is -0.00802 e. The lowest BCUT2D eigenvalue weighted by Gasteiger charge is -2.59. The lowest BCUT2D eigenvalue weighted by atomic mass is 9.45. The first-order valence-electron chi connectivity index (χ1n) is 9.21. The molecule has 5 atom stereocenters. The summed E-state index contributed by atoms with van der Waals surface area (Å²) in [6.07, 6.45) is 16.0. The van der Waals surface area contributed by atoms with Gasteiger partial charge in [0.1, 0.15) is 0 Å². The fraction of sp³-hybridized carbons (Fsp3) is 0.810. The van der Waals surface area contributed by atoms with Gasteiger partial charge in [-0.25, -0.2) is 0 Å². The second-order valence-corrected chi connectivity index (χ2v) is 9.03. The Balaban J connectivity index is 1.96. The van der Waals surface area contributed by atoms with Gasteiger partial charge < -0.3 is 0 Å². The van der Waals surface area contributed by atoms with Crippen molar-refractivity contribution in [1.82, 2.24) is 0 Å². The van der Waals surface area contributed by atoms with Gasteiger partial charge in [0.25, 0.3) is 0 Å². The molecule has 0 radical (unpaired) electrons. The van der Waals surface area contributed by atoms with Crippen LogP contribution in [0.2, 0.25) is 0 Å². The number of hydrogen-bond acceptors (Lipinski definition) is 0. The minimum atomic E-state index is 0.347. The lowest BCUT2D eigenvalue weighted by Crippen LogP contribution is -2.49. The van der Waals surface area contributed by atoms with Crippen LogP contribution in [0.5, 0.6) is 0 Å². The minimum absolute atomic E-state index is 0.347. The number of allylic oxidation sites excluding steroid dienone is 3. The summed E-state index contributed by atoms with van der Waals surface area (Å²) in [4.78, 5) is 0. The van der Waals surface area contributed by atoms with E-state index in [1.807, 2.05) is 5.57 Å². The average molecular weight is 287 g/mol. The molecule has 0 N–H and O–H groups in total. The third-order valence-corrected chi connectivity index (χ3v) is 7.76. The van der Waals surface area contributed by atoms with E-state index in [4.69, 9.17) is 0 Å². The van der Waals surface area contributed by atoms with Crippen LogP contribution in [0.3, 0.4) is 0 Å². The zero-order valence-electron chi connectivity index (χ0n) is 14.7. The van der Waals surface area contributed by atoms with Gasteiger partial charge >= 0.3 is 0 Å². The number of hydrogen-bond donors (Lipinski definition) is 0. The van der Waals surface area contributed by atoms with Crippen molar-refractivity contribution in [3.05, 3.63) is 24.3 Å².